The minimum absolute atomic E-state index is 0. The van der Waals surface area contributed by atoms with Crippen molar-refractivity contribution in [2.75, 3.05) is 38.2 Å². The van der Waals surface area contributed by atoms with Gasteiger partial charge in [0.25, 0.3) is 0 Å². The van der Waals surface area contributed by atoms with Crippen LogP contribution in [0.1, 0.15) is 0 Å². The summed E-state index contributed by atoms with van der Waals surface area (Å²) in [5, 5.41) is 3.28. The van der Waals surface area contributed by atoms with E-state index in [0.717, 1.165) is 32.1 Å². The summed E-state index contributed by atoms with van der Waals surface area (Å²) in [6.45, 7) is 3.88. The average molecular weight is 231 g/mol. The zero-order valence-electron chi connectivity index (χ0n) is 8.64. The van der Waals surface area contributed by atoms with Crippen LogP contribution in [0.3, 0.4) is 0 Å². The van der Waals surface area contributed by atoms with Gasteiger partial charge >= 0.3 is 0 Å². The molecule has 1 aromatic rings. The van der Waals surface area contributed by atoms with E-state index in [1.165, 1.54) is 0 Å². The molecule has 15 heavy (non-hydrogen) atoms. The van der Waals surface area contributed by atoms with E-state index in [-0.39, 0.29) is 12.4 Å². The van der Waals surface area contributed by atoms with Crippen molar-refractivity contribution in [3.8, 4) is 5.88 Å². The predicted octanol–water partition coefficient (Wildman–Crippen LogP) is 0.317. The van der Waals surface area contributed by atoms with Gasteiger partial charge < -0.3 is 15.0 Å². The number of hydrogen-bond donors (Lipinski definition) is 1. The largest absolute Gasteiger partial charge is 0.481 e. The van der Waals surface area contributed by atoms with Crippen LogP contribution in [0.15, 0.2) is 12.3 Å². The maximum Gasteiger partial charge on any atom is 0.228 e. The third kappa shape index (κ3) is 2.94. The molecule has 5 nitrogen and oxygen atoms in total. The first kappa shape index (κ1) is 12.0. The van der Waals surface area contributed by atoms with Crippen LogP contribution in [0.4, 0.5) is 5.95 Å². The molecule has 2 rings (SSSR count). The van der Waals surface area contributed by atoms with Crippen LogP contribution in [-0.2, 0) is 0 Å². The van der Waals surface area contributed by atoms with Crippen molar-refractivity contribution < 1.29 is 4.74 Å². The van der Waals surface area contributed by atoms with Crippen LogP contribution >= 0.6 is 12.4 Å². The van der Waals surface area contributed by atoms with Gasteiger partial charge in [0, 0.05) is 38.4 Å². The van der Waals surface area contributed by atoms with Gasteiger partial charge in [-0.3, -0.25) is 0 Å². The average Bonchev–Trinajstić information content (AvgIpc) is 2.30. The van der Waals surface area contributed by atoms with Crippen molar-refractivity contribution in [2.24, 2.45) is 0 Å². The SMILES string of the molecule is COc1ccnc(N2CCNCC2)n1.Cl. The second-order valence-corrected chi connectivity index (χ2v) is 3.14. The molecule has 0 unspecified atom stereocenters. The normalized spacial score (nSPS) is 15.7. The molecule has 0 saturated carbocycles. The first-order valence-corrected chi connectivity index (χ1v) is 4.73. The summed E-state index contributed by atoms with van der Waals surface area (Å²) >= 11 is 0. The summed E-state index contributed by atoms with van der Waals surface area (Å²) in [5.74, 6) is 1.37. The fourth-order valence-electron chi connectivity index (χ4n) is 1.46. The Morgan fingerprint density at radius 2 is 2.13 bits per heavy atom. The van der Waals surface area contributed by atoms with Crippen molar-refractivity contribution in [3.05, 3.63) is 12.3 Å². The first-order valence-electron chi connectivity index (χ1n) is 4.73. The van der Waals surface area contributed by atoms with Crippen LogP contribution in [0.2, 0.25) is 0 Å². The molecule has 1 aliphatic rings. The van der Waals surface area contributed by atoms with E-state index in [2.05, 4.69) is 20.2 Å². The maximum absolute atomic E-state index is 5.05. The second-order valence-electron chi connectivity index (χ2n) is 3.14. The number of halogens is 1. The highest BCUT2D eigenvalue weighted by atomic mass is 35.5. The Balaban J connectivity index is 0.00000112. The van der Waals surface area contributed by atoms with Gasteiger partial charge in [-0.25, -0.2) is 4.98 Å². The van der Waals surface area contributed by atoms with E-state index in [0.29, 0.717) is 5.88 Å². The molecule has 0 amide bonds. The first-order chi connectivity index (χ1) is 6.90. The fourth-order valence-corrected chi connectivity index (χ4v) is 1.46. The Hall–Kier alpha value is -1.07. The highest BCUT2D eigenvalue weighted by Crippen LogP contribution is 2.12. The summed E-state index contributed by atoms with van der Waals surface area (Å²) in [6, 6.07) is 1.76. The van der Waals surface area contributed by atoms with Gasteiger partial charge in [-0.1, -0.05) is 0 Å². The van der Waals surface area contributed by atoms with E-state index in [1.807, 2.05) is 0 Å². The number of methoxy groups -OCH3 is 1. The van der Waals surface area contributed by atoms with Crippen LogP contribution in [0.5, 0.6) is 5.88 Å². The molecule has 84 valence electrons. The number of anilines is 1. The van der Waals surface area contributed by atoms with Gasteiger partial charge in [-0.15, -0.1) is 12.4 Å². The summed E-state index contributed by atoms with van der Waals surface area (Å²) < 4.78 is 5.05. The molecule has 1 aliphatic heterocycles. The van der Waals surface area contributed by atoms with E-state index in [9.17, 15) is 0 Å². The Morgan fingerprint density at radius 1 is 1.40 bits per heavy atom. The number of ether oxygens (including phenoxy) is 1. The number of piperazine rings is 1. The number of rotatable bonds is 2. The number of nitrogens with zero attached hydrogens (tertiary/aromatic N) is 3. The Kier molecular flexibility index (Phi) is 4.58. The quantitative estimate of drug-likeness (QED) is 0.793. The molecule has 2 heterocycles. The van der Waals surface area contributed by atoms with Gasteiger partial charge in [0.2, 0.25) is 11.8 Å². The Labute approximate surface area is 95.3 Å². The minimum Gasteiger partial charge on any atom is -0.481 e. The summed E-state index contributed by atoms with van der Waals surface area (Å²) in [4.78, 5) is 10.6. The lowest BCUT2D eigenvalue weighted by Gasteiger charge is -2.27. The van der Waals surface area contributed by atoms with Gasteiger partial charge in [0.05, 0.1) is 7.11 Å². The number of nitrogens with one attached hydrogen (secondary N) is 1. The third-order valence-electron chi connectivity index (χ3n) is 2.23. The molecule has 0 atom stereocenters. The van der Waals surface area contributed by atoms with Crippen molar-refractivity contribution in [2.45, 2.75) is 0 Å². The lowest BCUT2D eigenvalue weighted by molar-refractivity contribution is 0.396. The van der Waals surface area contributed by atoms with Crippen molar-refractivity contribution in [1.82, 2.24) is 15.3 Å². The summed E-state index contributed by atoms with van der Waals surface area (Å²) in [6.07, 6.45) is 1.73. The fraction of sp³-hybridized carbons (Fsp3) is 0.556. The highest BCUT2D eigenvalue weighted by Gasteiger charge is 2.12. The van der Waals surface area contributed by atoms with Crippen LogP contribution < -0.4 is 15.0 Å². The number of hydrogen-bond acceptors (Lipinski definition) is 5. The third-order valence-corrected chi connectivity index (χ3v) is 2.23. The monoisotopic (exact) mass is 230 g/mol. The minimum atomic E-state index is 0. The van der Waals surface area contributed by atoms with Gasteiger partial charge in [-0.2, -0.15) is 4.98 Å². The summed E-state index contributed by atoms with van der Waals surface area (Å²) in [7, 11) is 1.61. The predicted molar refractivity (Wildman–Crippen MR) is 60.9 cm³/mol. The zero-order valence-corrected chi connectivity index (χ0v) is 9.46. The lowest BCUT2D eigenvalue weighted by Crippen LogP contribution is -2.44. The standard InChI is InChI=1S/C9H14N4O.ClH/c1-14-8-2-3-11-9(12-8)13-6-4-10-5-7-13;/h2-3,10H,4-7H2,1H3;1H. The lowest BCUT2D eigenvalue weighted by atomic mass is 10.4. The molecule has 0 radical (unpaired) electrons. The highest BCUT2D eigenvalue weighted by molar-refractivity contribution is 5.85. The van der Waals surface area contributed by atoms with E-state index >= 15 is 0 Å². The van der Waals surface area contributed by atoms with Crippen molar-refractivity contribution >= 4 is 18.4 Å². The molecule has 0 aromatic carbocycles. The topological polar surface area (TPSA) is 50.3 Å². The van der Waals surface area contributed by atoms with Gasteiger partial charge in [0.1, 0.15) is 0 Å². The Morgan fingerprint density at radius 3 is 2.80 bits per heavy atom. The van der Waals surface area contributed by atoms with Gasteiger partial charge in [-0.05, 0) is 0 Å². The Bertz CT molecular complexity index is 304. The number of aromatic nitrogens is 2. The molecule has 1 saturated heterocycles. The molecule has 1 fully saturated rings. The molecule has 1 aromatic heterocycles. The van der Waals surface area contributed by atoms with Gasteiger partial charge in [0.15, 0.2) is 0 Å². The molecule has 0 spiro atoms. The molecule has 0 aliphatic carbocycles. The molecular formula is C9H15ClN4O. The maximum atomic E-state index is 5.05. The smallest absolute Gasteiger partial charge is 0.228 e. The van der Waals surface area contributed by atoms with Crippen LogP contribution in [0, 0.1) is 0 Å². The molecule has 6 heteroatoms. The van der Waals surface area contributed by atoms with E-state index < -0.39 is 0 Å². The zero-order chi connectivity index (χ0) is 9.80. The second kappa shape index (κ2) is 5.72. The van der Waals surface area contributed by atoms with Crippen LogP contribution in [-0.4, -0.2) is 43.3 Å². The molecular weight excluding hydrogens is 216 g/mol. The summed E-state index contributed by atoms with van der Waals surface area (Å²) in [5.41, 5.74) is 0. The van der Waals surface area contributed by atoms with Crippen molar-refractivity contribution in [1.29, 1.82) is 0 Å². The van der Waals surface area contributed by atoms with E-state index in [4.69, 9.17) is 4.74 Å². The van der Waals surface area contributed by atoms with Crippen LogP contribution in [0.25, 0.3) is 0 Å². The molecule has 0 bridgehead atoms. The molecule has 1 N–H and O–H groups in total. The van der Waals surface area contributed by atoms with Crippen molar-refractivity contribution in [3.63, 3.8) is 0 Å². The van der Waals surface area contributed by atoms with E-state index in [1.54, 1.807) is 19.4 Å².